The second-order valence-corrected chi connectivity index (χ2v) is 7.13. The van der Waals surface area contributed by atoms with E-state index in [1.807, 2.05) is 49.3 Å². The minimum atomic E-state index is -0.102. The van der Waals surface area contributed by atoms with Gasteiger partial charge < -0.3 is 14.4 Å². The number of likely N-dealkylation sites (N-methyl/N-ethyl adjacent to an activating group) is 1. The van der Waals surface area contributed by atoms with E-state index in [-0.39, 0.29) is 5.91 Å². The molecule has 5 nitrogen and oxygen atoms in total. The Balaban J connectivity index is 2.01. The molecular weight excluding hydrogens is 396 g/mol. The quantitative estimate of drug-likeness (QED) is 0.607. The molecule has 26 heavy (non-hydrogen) atoms. The van der Waals surface area contributed by atoms with Crippen LogP contribution in [0.25, 0.3) is 10.9 Å². The van der Waals surface area contributed by atoms with Gasteiger partial charge in [-0.2, -0.15) is 0 Å². The molecule has 0 spiro atoms. The lowest BCUT2D eigenvalue weighted by Crippen LogP contribution is -2.19. The number of fused-ring (bicyclic) bond motifs is 1. The Bertz CT molecular complexity index is 917. The van der Waals surface area contributed by atoms with Crippen molar-refractivity contribution in [3.05, 3.63) is 58.7 Å². The van der Waals surface area contributed by atoms with E-state index in [0.29, 0.717) is 17.9 Å². The number of aromatic nitrogens is 1. The molecule has 0 bridgehead atoms. The number of hydrogen-bond acceptors (Lipinski definition) is 4. The van der Waals surface area contributed by atoms with E-state index in [1.54, 1.807) is 30.0 Å². The minimum Gasteiger partial charge on any atom is -0.497 e. The van der Waals surface area contributed by atoms with Crippen LogP contribution in [-0.4, -0.2) is 49.7 Å². The van der Waals surface area contributed by atoms with Crippen molar-refractivity contribution in [1.82, 2.24) is 9.47 Å². The predicted octanol–water partition coefficient (Wildman–Crippen LogP) is 4.04. The Morgan fingerprint density at radius 1 is 1.15 bits per heavy atom. The molecule has 0 aliphatic carbocycles. The molecule has 0 atom stereocenters. The Hall–Kier alpha value is -2.31. The number of hydrogen-bond donors (Lipinski definition) is 0. The summed E-state index contributed by atoms with van der Waals surface area (Å²) in [5.41, 5.74) is 1.40. The maximum Gasteiger partial charge on any atom is 0.262 e. The van der Waals surface area contributed by atoms with Crippen LogP contribution in [0.3, 0.4) is 0 Å². The highest BCUT2D eigenvalue weighted by atomic mass is 79.9. The lowest BCUT2D eigenvalue weighted by molar-refractivity contribution is 0.0964. The summed E-state index contributed by atoms with van der Waals surface area (Å²) in [6.07, 6.45) is 1.75. The first kappa shape index (κ1) is 18.5. The van der Waals surface area contributed by atoms with Crippen LogP contribution in [0.1, 0.15) is 10.4 Å². The van der Waals surface area contributed by atoms with Crippen LogP contribution >= 0.6 is 15.9 Å². The smallest absolute Gasteiger partial charge is 0.262 e. The molecule has 0 aliphatic rings. The van der Waals surface area contributed by atoms with Crippen LogP contribution in [0.4, 0.5) is 0 Å². The third-order valence-electron chi connectivity index (χ3n) is 4.08. The minimum absolute atomic E-state index is 0.102. The van der Waals surface area contributed by atoms with E-state index >= 15 is 0 Å². The summed E-state index contributed by atoms with van der Waals surface area (Å²) in [5, 5.41) is 0.855. The van der Waals surface area contributed by atoms with Gasteiger partial charge in [-0.25, -0.2) is 0 Å². The summed E-state index contributed by atoms with van der Waals surface area (Å²) < 4.78 is 13.8. The van der Waals surface area contributed by atoms with Gasteiger partial charge in [0.15, 0.2) is 0 Å². The van der Waals surface area contributed by atoms with Gasteiger partial charge in [0.2, 0.25) is 0 Å². The number of carbonyl (C=O) groups excluding carboxylic acids is 1. The topological polar surface area (TPSA) is 43.7 Å². The first-order valence-electron chi connectivity index (χ1n) is 8.26. The molecule has 1 heterocycles. The lowest BCUT2D eigenvalue weighted by atomic mass is 10.2. The van der Waals surface area contributed by atoms with Crippen LogP contribution in [0, 0.1) is 0 Å². The fraction of sp³-hybridized carbons (Fsp3) is 0.250. The van der Waals surface area contributed by atoms with Crippen molar-refractivity contribution in [3.8, 4) is 11.5 Å². The van der Waals surface area contributed by atoms with Crippen molar-refractivity contribution in [2.75, 3.05) is 34.4 Å². The highest BCUT2D eigenvalue weighted by molar-refractivity contribution is 9.10. The molecule has 0 radical (unpaired) electrons. The summed E-state index contributed by atoms with van der Waals surface area (Å²) in [5.74, 6) is 1.30. The molecule has 0 unspecified atom stereocenters. The van der Waals surface area contributed by atoms with Crippen molar-refractivity contribution >= 4 is 32.7 Å². The Morgan fingerprint density at radius 2 is 1.88 bits per heavy atom. The predicted molar refractivity (Wildman–Crippen MR) is 106 cm³/mol. The van der Waals surface area contributed by atoms with Crippen LogP contribution in [0.2, 0.25) is 0 Å². The molecule has 0 aliphatic heterocycles. The van der Waals surface area contributed by atoms with Gasteiger partial charge in [0.05, 0.1) is 18.8 Å². The van der Waals surface area contributed by atoms with E-state index in [1.165, 1.54) is 0 Å². The lowest BCUT2D eigenvalue weighted by Gasteiger charge is -2.10. The summed E-state index contributed by atoms with van der Waals surface area (Å²) in [6.45, 7) is 1.33. The van der Waals surface area contributed by atoms with Crippen molar-refractivity contribution in [2.24, 2.45) is 0 Å². The van der Waals surface area contributed by atoms with Gasteiger partial charge in [-0.3, -0.25) is 9.36 Å². The van der Waals surface area contributed by atoms with E-state index in [9.17, 15) is 4.79 Å². The summed E-state index contributed by atoms with van der Waals surface area (Å²) in [7, 11) is 5.61. The average Bonchev–Trinajstić information content (AvgIpc) is 2.99. The molecule has 2 aromatic carbocycles. The van der Waals surface area contributed by atoms with Gasteiger partial charge in [0, 0.05) is 22.0 Å². The van der Waals surface area contributed by atoms with Crippen molar-refractivity contribution < 1.29 is 14.3 Å². The highest BCUT2D eigenvalue weighted by Gasteiger charge is 2.17. The highest BCUT2D eigenvalue weighted by Crippen LogP contribution is 2.32. The number of ether oxygens (including phenoxy) is 2. The molecule has 0 amide bonds. The molecule has 0 N–H and O–H groups in total. The molecule has 6 heteroatoms. The second kappa shape index (κ2) is 7.93. The Labute approximate surface area is 161 Å². The van der Waals surface area contributed by atoms with Gasteiger partial charge in [0.25, 0.3) is 5.91 Å². The molecular formula is C20H21BrN2O3. The molecule has 136 valence electrons. The van der Waals surface area contributed by atoms with Gasteiger partial charge in [-0.05, 0) is 56.6 Å². The SMILES string of the molecule is COc1ccc2c(c1)c(OCCN(C)C)cn2C(=O)c1ccc(Br)cc1. The summed E-state index contributed by atoms with van der Waals surface area (Å²) in [6, 6.07) is 12.9. The van der Waals surface area contributed by atoms with E-state index in [0.717, 1.165) is 27.7 Å². The maximum absolute atomic E-state index is 13.0. The third kappa shape index (κ3) is 3.92. The summed E-state index contributed by atoms with van der Waals surface area (Å²) >= 11 is 3.39. The monoisotopic (exact) mass is 416 g/mol. The average molecular weight is 417 g/mol. The molecule has 0 saturated heterocycles. The van der Waals surface area contributed by atoms with Gasteiger partial charge in [-0.15, -0.1) is 0 Å². The van der Waals surface area contributed by atoms with Crippen molar-refractivity contribution in [1.29, 1.82) is 0 Å². The normalized spacial score (nSPS) is 11.1. The van der Waals surface area contributed by atoms with E-state index in [2.05, 4.69) is 15.9 Å². The first-order chi connectivity index (χ1) is 12.5. The zero-order chi connectivity index (χ0) is 18.7. The molecule has 0 fully saturated rings. The number of rotatable bonds is 6. The maximum atomic E-state index is 13.0. The van der Waals surface area contributed by atoms with Crippen LogP contribution in [0.15, 0.2) is 53.1 Å². The molecule has 1 aromatic heterocycles. The van der Waals surface area contributed by atoms with Crippen LogP contribution in [-0.2, 0) is 0 Å². The molecule has 3 aromatic rings. The van der Waals surface area contributed by atoms with Crippen molar-refractivity contribution in [3.63, 3.8) is 0 Å². The van der Waals surface area contributed by atoms with Gasteiger partial charge >= 0.3 is 0 Å². The molecule has 0 saturated carbocycles. The number of benzene rings is 2. The zero-order valence-corrected chi connectivity index (χ0v) is 16.6. The number of methoxy groups -OCH3 is 1. The summed E-state index contributed by atoms with van der Waals surface area (Å²) in [4.78, 5) is 15.0. The Kier molecular flexibility index (Phi) is 5.64. The number of halogens is 1. The second-order valence-electron chi connectivity index (χ2n) is 6.21. The number of nitrogens with zero attached hydrogens (tertiary/aromatic N) is 2. The van der Waals surface area contributed by atoms with E-state index < -0.39 is 0 Å². The number of carbonyl (C=O) groups is 1. The standard InChI is InChI=1S/C20H21BrN2O3/c1-22(2)10-11-26-19-13-23(18-9-8-16(25-3)12-17(18)19)20(24)14-4-6-15(21)7-5-14/h4-9,12-13H,10-11H2,1-3H3. The van der Waals surface area contributed by atoms with E-state index in [4.69, 9.17) is 9.47 Å². The fourth-order valence-corrected chi connectivity index (χ4v) is 2.92. The van der Waals surface area contributed by atoms with Gasteiger partial charge in [0.1, 0.15) is 18.1 Å². The van der Waals surface area contributed by atoms with Crippen molar-refractivity contribution in [2.45, 2.75) is 0 Å². The molecule has 3 rings (SSSR count). The zero-order valence-electron chi connectivity index (χ0n) is 15.0. The first-order valence-corrected chi connectivity index (χ1v) is 9.06. The third-order valence-corrected chi connectivity index (χ3v) is 4.61. The van der Waals surface area contributed by atoms with Gasteiger partial charge in [-0.1, -0.05) is 15.9 Å². The largest absolute Gasteiger partial charge is 0.497 e. The van der Waals surface area contributed by atoms with Crippen LogP contribution in [0.5, 0.6) is 11.5 Å². The fourth-order valence-electron chi connectivity index (χ4n) is 2.66. The van der Waals surface area contributed by atoms with Crippen LogP contribution < -0.4 is 9.47 Å². The Morgan fingerprint density at radius 3 is 2.54 bits per heavy atom.